The van der Waals surface area contributed by atoms with Crippen molar-refractivity contribution in [2.45, 2.75) is 19.4 Å². The highest BCUT2D eigenvalue weighted by atomic mass is 16.5. The van der Waals surface area contributed by atoms with Crippen LogP contribution in [-0.4, -0.2) is 54.3 Å². The van der Waals surface area contributed by atoms with E-state index < -0.39 is 11.8 Å². The minimum atomic E-state index is -0.676. The highest BCUT2D eigenvalue weighted by molar-refractivity contribution is 6.35. The number of aromatic nitrogens is 1. The van der Waals surface area contributed by atoms with Crippen LogP contribution in [0.1, 0.15) is 28.8 Å². The lowest BCUT2D eigenvalue weighted by molar-refractivity contribution is -0.139. The number of methoxy groups -OCH3 is 1. The molecule has 30 heavy (non-hydrogen) atoms. The van der Waals surface area contributed by atoms with Crippen molar-refractivity contribution in [3.05, 3.63) is 59.9 Å². The highest BCUT2D eigenvalue weighted by Crippen LogP contribution is 2.18. The van der Waals surface area contributed by atoms with Gasteiger partial charge in [-0.2, -0.15) is 0 Å². The molecule has 0 radical (unpaired) electrons. The Bertz CT molecular complexity index is 880. The van der Waals surface area contributed by atoms with E-state index in [9.17, 15) is 14.4 Å². The fourth-order valence-corrected chi connectivity index (χ4v) is 3.43. The van der Waals surface area contributed by atoms with Crippen LogP contribution in [-0.2, 0) is 16.1 Å². The van der Waals surface area contributed by atoms with Gasteiger partial charge in [-0.25, -0.2) is 0 Å². The molecule has 0 saturated carbocycles. The largest absolute Gasteiger partial charge is 0.496 e. The zero-order chi connectivity index (χ0) is 21.3. The minimum absolute atomic E-state index is 0.0266. The first-order valence-corrected chi connectivity index (χ1v) is 9.95. The average Bonchev–Trinajstić information content (AvgIpc) is 2.81. The molecule has 3 amide bonds. The summed E-state index contributed by atoms with van der Waals surface area (Å²) in [7, 11) is 1.56. The van der Waals surface area contributed by atoms with Gasteiger partial charge in [0.25, 0.3) is 5.91 Å². The Hall–Kier alpha value is -3.42. The molecule has 8 heteroatoms. The number of nitrogens with one attached hydrogen (secondary N) is 2. The number of hydrogen-bond donors (Lipinski definition) is 2. The summed E-state index contributed by atoms with van der Waals surface area (Å²) in [6.07, 6.45) is 4.75. The van der Waals surface area contributed by atoms with E-state index in [-0.39, 0.29) is 18.4 Å². The molecule has 1 saturated heterocycles. The summed E-state index contributed by atoms with van der Waals surface area (Å²) in [5.41, 5.74) is 1.38. The summed E-state index contributed by atoms with van der Waals surface area (Å²) in [6.45, 7) is 1.86. The normalized spacial score (nSPS) is 14.1. The van der Waals surface area contributed by atoms with Gasteiger partial charge in [0, 0.05) is 44.1 Å². The number of para-hydroxylation sites is 1. The zero-order valence-corrected chi connectivity index (χ0v) is 17.0. The number of pyridine rings is 1. The number of piperidine rings is 1. The van der Waals surface area contributed by atoms with Gasteiger partial charge in [0.15, 0.2) is 0 Å². The van der Waals surface area contributed by atoms with Crippen LogP contribution in [0.5, 0.6) is 5.75 Å². The van der Waals surface area contributed by atoms with Crippen molar-refractivity contribution < 1.29 is 19.1 Å². The number of carbonyl (C=O) groups excluding carboxylic acids is 3. The third kappa shape index (κ3) is 5.56. The third-order valence-electron chi connectivity index (χ3n) is 5.20. The summed E-state index contributed by atoms with van der Waals surface area (Å²) in [5.74, 6) is -0.468. The molecule has 0 bridgehead atoms. The number of amides is 3. The molecular formula is C22H26N4O4. The number of hydrogen-bond acceptors (Lipinski definition) is 5. The van der Waals surface area contributed by atoms with Gasteiger partial charge >= 0.3 is 11.8 Å². The molecule has 2 N–H and O–H groups in total. The van der Waals surface area contributed by atoms with E-state index in [1.54, 1.807) is 42.6 Å². The van der Waals surface area contributed by atoms with Crippen molar-refractivity contribution in [1.29, 1.82) is 0 Å². The molecule has 0 spiro atoms. The van der Waals surface area contributed by atoms with E-state index in [2.05, 4.69) is 15.6 Å². The molecule has 2 heterocycles. The molecule has 8 nitrogen and oxygen atoms in total. The number of benzene rings is 1. The van der Waals surface area contributed by atoms with Gasteiger partial charge in [0.1, 0.15) is 5.75 Å². The summed E-state index contributed by atoms with van der Waals surface area (Å²) in [6, 6.07) is 10.8. The standard InChI is InChI=1S/C22H26N4O4/c1-30-19-7-3-2-5-17(19)15-25-21(28)20(27)24-13-16-8-11-26(12-9-16)22(29)18-6-4-10-23-14-18/h2-7,10,14,16H,8-9,11-13,15H2,1H3,(H,24,27)(H,25,28). The van der Waals surface area contributed by atoms with Crippen LogP contribution < -0.4 is 15.4 Å². The van der Waals surface area contributed by atoms with Crippen molar-refractivity contribution in [2.24, 2.45) is 5.92 Å². The van der Waals surface area contributed by atoms with Crippen molar-refractivity contribution in [3.8, 4) is 5.75 Å². The van der Waals surface area contributed by atoms with Crippen LogP contribution in [0, 0.1) is 5.92 Å². The number of nitrogens with zero attached hydrogens (tertiary/aromatic N) is 2. The second-order valence-corrected chi connectivity index (χ2v) is 7.18. The maximum Gasteiger partial charge on any atom is 0.309 e. The lowest BCUT2D eigenvalue weighted by Gasteiger charge is -2.32. The van der Waals surface area contributed by atoms with E-state index in [4.69, 9.17) is 4.74 Å². The minimum Gasteiger partial charge on any atom is -0.496 e. The van der Waals surface area contributed by atoms with Gasteiger partial charge in [-0.15, -0.1) is 0 Å². The van der Waals surface area contributed by atoms with Crippen molar-refractivity contribution in [1.82, 2.24) is 20.5 Å². The number of carbonyl (C=O) groups is 3. The summed E-state index contributed by atoms with van der Waals surface area (Å²) in [5, 5.41) is 5.31. The molecule has 1 aliphatic rings. The number of likely N-dealkylation sites (tertiary alicyclic amines) is 1. The van der Waals surface area contributed by atoms with Crippen LogP contribution in [0.4, 0.5) is 0 Å². The molecule has 0 aliphatic carbocycles. The molecule has 0 unspecified atom stereocenters. The number of ether oxygens (including phenoxy) is 1. The fraction of sp³-hybridized carbons (Fsp3) is 0.364. The second-order valence-electron chi connectivity index (χ2n) is 7.18. The molecule has 1 aliphatic heterocycles. The second kappa shape index (κ2) is 10.4. The maximum absolute atomic E-state index is 12.5. The first-order valence-electron chi connectivity index (χ1n) is 9.95. The quantitative estimate of drug-likeness (QED) is 0.701. The van der Waals surface area contributed by atoms with Gasteiger partial charge in [-0.1, -0.05) is 18.2 Å². The Morgan fingerprint density at radius 1 is 1.07 bits per heavy atom. The SMILES string of the molecule is COc1ccccc1CNC(=O)C(=O)NCC1CCN(C(=O)c2cccnc2)CC1. The number of rotatable bonds is 6. The molecular weight excluding hydrogens is 384 g/mol. The Kier molecular flexibility index (Phi) is 7.37. The lowest BCUT2D eigenvalue weighted by atomic mass is 9.96. The molecule has 1 fully saturated rings. The monoisotopic (exact) mass is 410 g/mol. The summed E-state index contributed by atoms with van der Waals surface area (Å²) >= 11 is 0. The molecule has 1 aromatic heterocycles. The Balaban J connectivity index is 1.39. The predicted molar refractivity (Wildman–Crippen MR) is 111 cm³/mol. The van der Waals surface area contributed by atoms with Crippen LogP contribution in [0.2, 0.25) is 0 Å². The van der Waals surface area contributed by atoms with Crippen LogP contribution >= 0.6 is 0 Å². The van der Waals surface area contributed by atoms with Crippen molar-refractivity contribution in [3.63, 3.8) is 0 Å². The molecule has 0 atom stereocenters. The molecule has 158 valence electrons. The Morgan fingerprint density at radius 2 is 1.80 bits per heavy atom. The average molecular weight is 410 g/mol. The van der Waals surface area contributed by atoms with Gasteiger partial charge < -0.3 is 20.3 Å². The van der Waals surface area contributed by atoms with Crippen LogP contribution in [0.15, 0.2) is 48.8 Å². The van der Waals surface area contributed by atoms with E-state index in [0.717, 1.165) is 18.4 Å². The van der Waals surface area contributed by atoms with Crippen LogP contribution in [0.3, 0.4) is 0 Å². The van der Waals surface area contributed by atoms with E-state index >= 15 is 0 Å². The maximum atomic E-state index is 12.5. The first kappa shape index (κ1) is 21.3. The lowest BCUT2D eigenvalue weighted by Crippen LogP contribution is -2.44. The van der Waals surface area contributed by atoms with E-state index in [1.807, 2.05) is 18.2 Å². The van der Waals surface area contributed by atoms with E-state index in [0.29, 0.717) is 30.9 Å². The third-order valence-corrected chi connectivity index (χ3v) is 5.20. The molecule has 2 aromatic rings. The molecule has 1 aromatic carbocycles. The van der Waals surface area contributed by atoms with Gasteiger partial charge in [0.05, 0.1) is 12.7 Å². The summed E-state index contributed by atoms with van der Waals surface area (Å²) < 4.78 is 5.24. The van der Waals surface area contributed by atoms with Gasteiger partial charge in [0.2, 0.25) is 0 Å². The van der Waals surface area contributed by atoms with Crippen molar-refractivity contribution >= 4 is 17.7 Å². The first-order chi connectivity index (χ1) is 14.6. The zero-order valence-electron chi connectivity index (χ0n) is 17.0. The fourth-order valence-electron chi connectivity index (χ4n) is 3.43. The Labute approximate surface area is 175 Å². The summed E-state index contributed by atoms with van der Waals surface area (Å²) in [4.78, 5) is 42.4. The van der Waals surface area contributed by atoms with Gasteiger partial charge in [-0.05, 0) is 37.0 Å². The van der Waals surface area contributed by atoms with E-state index in [1.165, 1.54) is 0 Å². The van der Waals surface area contributed by atoms with Crippen LogP contribution in [0.25, 0.3) is 0 Å². The van der Waals surface area contributed by atoms with Crippen molar-refractivity contribution in [2.75, 3.05) is 26.7 Å². The molecule has 3 rings (SSSR count). The van der Waals surface area contributed by atoms with Gasteiger partial charge in [-0.3, -0.25) is 19.4 Å². The topological polar surface area (TPSA) is 101 Å². The Morgan fingerprint density at radius 3 is 2.50 bits per heavy atom. The smallest absolute Gasteiger partial charge is 0.309 e. The highest BCUT2D eigenvalue weighted by Gasteiger charge is 2.24. The predicted octanol–water partition coefficient (Wildman–Crippen LogP) is 1.37.